The average Bonchev–Trinajstić information content (AvgIpc) is 2.90. The van der Waals surface area contributed by atoms with Crippen molar-refractivity contribution in [2.24, 2.45) is 0 Å². The fourth-order valence-corrected chi connectivity index (χ4v) is 5.35. The maximum atomic E-state index is 9.41. The number of hydrogen-bond acceptors (Lipinski definition) is 6. The van der Waals surface area contributed by atoms with Gasteiger partial charge in [-0.2, -0.15) is 5.26 Å². The Morgan fingerprint density at radius 1 is 1.03 bits per heavy atom. The molecule has 2 aliphatic rings. The molecule has 2 aromatic rings. The lowest BCUT2D eigenvalue weighted by Gasteiger charge is -2.48. The van der Waals surface area contributed by atoms with Gasteiger partial charge in [-0.1, -0.05) is 30.3 Å². The average molecular weight is 478 g/mol. The van der Waals surface area contributed by atoms with E-state index in [1.807, 2.05) is 36.4 Å². The molecule has 1 N–H and O–H groups in total. The van der Waals surface area contributed by atoms with E-state index in [4.69, 9.17) is 14.2 Å². The Labute approximate surface area is 210 Å². The van der Waals surface area contributed by atoms with Gasteiger partial charge in [0.1, 0.15) is 12.4 Å². The van der Waals surface area contributed by atoms with E-state index in [0.717, 1.165) is 55.8 Å². The summed E-state index contributed by atoms with van der Waals surface area (Å²) in [6.45, 7) is 6.47. The SMILES string of the molecule is COCCOC1CCC(C)(N2CCC(Nc3cc(C#N)ccc3OCc3ccccc3)CC2)CC1. The van der Waals surface area contributed by atoms with Crippen LogP contribution in [0.15, 0.2) is 48.5 Å². The number of rotatable bonds is 10. The molecule has 188 valence electrons. The maximum absolute atomic E-state index is 9.41. The van der Waals surface area contributed by atoms with Crippen LogP contribution in [0.5, 0.6) is 5.75 Å². The Morgan fingerprint density at radius 2 is 1.77 bits per heavy atom. The van der Waals surface area contributed by atoms with Crippen LogP contribution in [0.2, 0.25) is 0 Å². The maximum Gasteiger partial charge on any atom is 0.142 e. The van der Waals surface area contributed by atoms with Gasteiger partial charge in [0.05, 0.1) is 36.6 Å². The molecule has 35 heavy (non-hydrogen) atoms. The van der Waals surface area contributed by atoms with Gasteiger partial charge in [-0.05, 0) is 69.2 Å². The van der Waals surface area contributed by atoms with E-state index in [-0.39, 0.29) is 5.54 Å². The fourth-order valence-electron chi connectivity index (χ4n) is 5.35. The van der Waals surface area contributed by atoms with E-state index < -0.39 is 0 Å². The molecule has 1 saturated carbocycles. The van der Waals surface area contributed by atoms with Gasteiger partial charge in [0, 0.05) is 31.8 Å². The molecule has 1 saturated heterocycles. The van der Waals surface area contributed by atoms with Gasteiger partial charge < -0.3 is 19.5 Å². The molecule has 2 aromatic carbocycles. The van der Waals surface area contributed by atoms with Gasteiger partial charge in [-0.15, -0.1) is 0 Å². The molecule has 0 radical (unpaired) electrons. The fraction of sp³-hybridized carbons (Fsp3) is 0.552. The number of piperidine rings is 1. The van der Waals surface area contributed by atoms with Gasteiger partial charge in [-0.25, -0.2) is 0 Å². The van der Waals surface area contributed by atoms with Crippen LogP contribution in [0.1, 0.15) is 56.6 Å². The van der Waals surface area contributed by atoms with Crippen LogP contribution in [-0.2, 0) is 16.1 Å². The summed E-state index contributed by atoms with van der Waals surface area (Å²) in [7, 11) is 1.72. The van der Waals surface area contributed by atoms with Crippen LogP contribution in [0.25, 0.3) is 0 Å². The van der Waals surface area contributed by atoms with Crippen molar-refractivity contribution in [3.8, 4) is 11.8 Å². The first-order valence-electron chi connectivity index (χ1n) is 12.9. The first-order valence-corrected chi connectivity index (χ1v) is 12.9. The Hall–Kier alpha value is -2.59. The first kappa shape index (κ1) is 25.5. The Kier molecular flexibility index (Phi) is 9.03. The molecule has 1 aliphatic carbocycles. The molecule has 6 nitrogen and oxygen atoms in total. The van der Waals surface area contributed by atoms with Crippen molar-refractivity contribution < 1.29 is 14.2 Å². The van der Waals surface area contributed by atoms with Gasteiger partial charge >= 0.3 is 0 Å². The number of nitrogens with zero attached hydrogens (tertiary/aromatic N) is 2. The molecule has 1 heterocycles. The highest BCUT2D eigenvalue weighted by Gasteiger charge is 2.38. The van der Waals surface area contributed by atoms with Crippen LogP contribution in [0, 0.1) is 11.3 Å². The highest BCUT2D eigenvalue weighted by Crippen LogP contribution is 2.37. The number of methoxy groups -OCH3 is 1. The van der Waals surface area contributed by atoms with Crippen LogP contribution >= 0.6 is 0 Å². The third kappa shape index (κ3) is 6.98. The highest BCUT2D eigenvalue weighted by atomic mass is 16.5. The molecule has 2 fully saturated rings. The molecule has 0 aromatic heterocycles. The minimum atomic E-state index is 0.261. The second kappa shape index (κ2) is 12.4. The van der Waals surface area contributed by atoms with E-state index in [9.17, 15) is 5.26 Å². The van der Waals surface area contributed by atoms with Crippen molar-refractivity contribution in [3.05, 3.63) is 59.7 Å². The van der Waals surface area contributed by atoms with E-state index >= 15 is 0 Å². The zero-order valence-electron chi connectivity index (χ0n) is 21.2. The van der Waals surface area contributed by atoms with Crippen LogP contribution in [-0.4, -0.2) is 56.0 Å². The number of anilines is 1. The monoisotopic (exact) mass is 477 g/mol. The Bertz CT molecular complexity index is 959. The molecular weight excluding hydrogens is 438 g/mol. The van der Waals surface area contributed by atoms with Gasteiger partial charge in [-0.3, -0.25) is 4.90 Å². The Morgan fingerprint density at radius 3 is 2.46 bits per heavy atom. The molecule has 0 amide bonds. The summed E-state index contributed by atoms with van der Waals surface area (Å²) in [4.78, 5) is 2.69. The second-order valence-corrected chi connectivity index (χ2v) is 10.1. The third-order valence-electron chi connectivity index (χ3n) is 7.61. The summed E-state index contributed by atoms with van der Waals surface area (Å²) in [5, 5.41) is 13.1. The molecule has 6 heteroatoms. The van der Waals surface area contributed by atoms with E-state index in [1.165, 1.54) is 12.8 Å². The second-order valence-electron chi connectivity index (χ2n) is 10.1. The number of likely N-dealkylation sites (tertiary alicyclic amines) is 1. The first-order chi connectivity index (χ1) is 17.1. The summed E-state index contributed by atoms with van der Waals surface area (Å²) < 4.78 is 17.2. The van der Waals surface area contributed by atoms with Crippen LogP contribution in [0.3, 0.4) is 0 Å². The number of ether oxygens (including phenoxy) is 3. The smallest absolute Gasteiger partial charge is 0.142 e. The van der Waals surface area contributed by atoms with Crippen molar-refractivity contribution in [1.82, 2.24) is 4.90 Å². The van der Waals surface area contributed by atoms with E-state index in [2.05, 4.69) is 35.3 Å². The van der Waals surface area contributed by atoms with Crippen molar-refractivity contribution >= 4 is 5.69 Å². The lowest BCUT2D eigenvalue weighted by Crippen LogP contribution is -2.53. The summed E-state index contributed by atoms with van der Waals surface area (Å²) in [5.74, 6) is 0.800. The van der Waals surface area contributed by atoms with Crippen molar-refractivity contribution in [1.29, 1.82) is 5.26 Å². The number of benzene rings is 2. The molecule has 0 spiro atoms. The van der Waals surface area contributed by atoms with Gasteiger partial charge in [0.15, 0.2) is 0 Å². The minimum absolute atomic E-state index is 0.261. The van der Waals surface area contributed by atoms with Crippen LogP contribution < -0.4 is 10.1 Å². The number of hydrogen-bond donors (Lipinski definition) is 1. The molecular formula is C29H39N3O3. The van der Waals surface area contributed by atoms with E-state index in [0.29, 0.717) is 37.5 Å². The van der Waals surface area contributed by atoms with Gasteiger partial charge in [0.2, 0.25) is 0 Å². The standard InChI is InChI=1S/C29H39N3O3/c1-29(14-10-26(11-15-29)34-19-18-33-2)32-16-12-25(13-17-32)31-27-20-24(21-30)8-9-28(27)35-22-23-6-4-3-5-7-23/h3-9,20,25-26,31H,10-19,22H2,1-2H3. The third-order valence-corrected chi connectivity index (χ3v) is 7.61. The topological polar surface area (TPSA) is 66.8 Å². The van der Waals surface area contributed by atoms with E-state index in [1.54, 1.807) is 7.11 Å². The largest absolute Gasteiger partial charge is 0.487 e. The Balaban J connectivity index is 1.30. The number of nitrogens with one attached hydrogen (secondary N) is 1. The predicted molar refractivity (Wildman–Crippen MR) is 139 cm³/mol. The summed E-state index contributed by atoms with van der Waals surface area (Å²) in [5.41, 5.74) is 2.95. The molecule has 1 aliphatic heterocycles. The highest BCUT2D eigenvalue weighted by molar-refractivity contribution is 5.60. The van der Waals surface area contributed by atoms with Crippen LogP contribution in [0.4, 0.5) is 5.69 Å². The summed E-state index contributed by atoms with van der Waals surface area (Å²) in [6.07, 6.45) is 7.16. The lowest BCUT2D eigenvalue weighted by molar-refractivity contribution is -0.0398. The van der Waals surface area contributed by atoms with Gasteiger partial charge in [0.25, 0.3) is 0 Å². The quantitative estimate of drug-likeness (QED) is 0.464. The van der Waals surface area contributed by atoms with Crippen molar-refractivity contribution in [2.75, 3.05) is 38.7 Å². The normalized spacial score (nSPS) is 23.5. The van der Waals surface area contributed by atoms with Crippen molar-refractivity contribution in [2.45, 2.75) is 69.7 Å². The zero-order valence-corrected chi connectivity index (χ0v) is 21.2. The molecule has 0 atom stereocenters. The summed E-state index contributed by atoms with van der Waals surface area (Å²) >= 11 is 0. The molecule has 0 unspecified atom stereocenters. The zero-order chi connectivity index (χ0) is 24.5. The lowest BCUT2D eigenvalue weighted by atomic mass is 9.79. The predicted octanol–water partition coefficient (Wildman–Crippen LogP) is 5.38. The minimum Gasteiger partial charge on any atom is -0.487 e. The van der Waals surface area contributed by atoms with Crippen molar-refractivity contribution in [3.63, 3.8) is 0 Å². The molecule has 4 rings (SSSR count). The molecule has 0 bridgehead atoms. The summed E-state index contributed by atoms with van der Waals surface area (Å²) in [6, 6.07) is 18.5. The number of nitriles is 1.